The topological polar surface area (TPSA) is 115 Å². The van der Waals surface area contributed by atoms with Crippen LogP contribution >= 0.6 is 0 Å². The second-order valence-corrected chi connectivity index (χ2v) is 11.5. The molecule has 9 nitrogen and oxygen atoms in total. The molecule has 4 aromatic carbocycles. The number of nitrogens with zero attached hydrogens (tertiary/aromatic N) is 2. The van der Waals surface area contributed by atoms with Gasteiger partial charge in [0.15, 0.2) is 6.23 Å². The first-order valence-corrected chi connectivity index (χ1v) is 15.3. The fourth-order valence-electron chi connectivity index (χ4n) is 5.88. The van der Waals surface area contributed by atoms with Crippen LogP contribution in [-0.2, 0) is 15.1 Å². The molecule has 0 amide bonds. The minimum absolute atomic E-state index is 0.109. The molecule has 0 aliphatic carbocycles. The van der Waals surface area contributed by atoms with Gasteiger partial charge in [-0.1, -0.05) is 109 Å². The van der Waals surface area contributed by atoms with Gasteiger partial charge in [-0.05, 0) is 47.4 Å². The lowest BCUT2D eigenvalue weighted by atomic mass is 9.79. The van der Waals surface area contributed by atoms with Crippen molar-refractivity contribution in [2.45, 2.75) is 37.1 Å². The van der Waals surface area contributed by atoms with E-state index in [1.54, 1.807) is 13.2 Å². The molecule has 5 atom stereocenters. The number of aliphatic hydroxyl groups excluding tert-OH is 2. The molecule has 6 rings (SSSR count). The van der Waals surface area contributed by atoms with Gasteiger partial charge in [-0.2, -0.15) is 4.98 Å². The van der Waals surface area contributed by atoms with E-state index in [0.29, 0.717) is 17.3 Å². The monoisotopic (exact) mass is 631 g/mol. The van der Waals surface area contributed by atoms with E-state index in [9.17, 15) is 15.0 Å². The zero-order chi connectivity index (χ0) is 33.0. The van der Waals surface area contributed by atoms with Gasteiger partial charge < -0.3 is 29.7 Å². The van der Waals surface area contributed by atoms with E-state index in [-0.39, 0.29) is 6.61 Å². The van der Waals surface area contributed by atoms with Crippen LogP contribution in [0, 0.1) is 6.92 Å². The third-order valence-electron chi connectivity index (χ3n) is 8.44. The Morgan fingerprint density at radius 3 is 2.09 bits per heavy atom. The Morgan fingerprint density at radius 1 is 0.872 bits per heavy atom. The smallest absolute Gasteiger partial charge is 0.351 e. The Labute approximate surface area is 273 Å². The standard InChI is InChI=1S/C38H37N3O6/c1-25-14-16-29(17-15-25)38(28-12-8-5-9-13-28,30-18-20-31(45-3)21-19-30)46-24-32-34(42)35(43)36(47-32)41-23-22-33(40-37(41)44)39-26(2)27-10-6-4-7-11-27/h4-23,32,34-36,42-43H,2,24H2,1,3H3,(H,39,40,44). The van der Waals surface area contributed by atoms with Crippen molar-refractivity contribution in [2.75, 3.05) is 19.0 Å². The summed E-state index contributed by atoms with van der Waals surface area (Å²) >= 11 is 0. The van der Waals surface area contributed by atoms with Crippen molar-refractivity contribution in [2.24, 2.45) is 0 Å². The highest BCUT2D eigenvalue weighted by atomic mass is 16.6. The summed E-state index contributed by atoms with van der Waals surface area (Å²) in [6, 6.07) is 36.6. The molecule has 5 unspecified atom stereocenters. The number of nitrogens with one attached hydrogen (secondary N) is 1. The Morgan fingerprint density at radius 2 is 1.47 bits per heavy atom. The first kappa shape index (κ1) is 31.9. The van der Waals surface area contributed by atoms with Crippen LogP contribution in [0.25, 0.3) is 5.70 Å². The number of aromatic nitrogens is 2. The molecule has 1 aliphatic heterocycles. The molecule has 0 saturated carbocycles. The van der Waals surface area contributed by atoms with E-state index in [4.69, 9.17) is 14.2 Å². The molecule has 240 valence electrons. The maximum Gasteiger partial charge on any atom is 0.351 e. The number of aryl methyl sites for hydroxylation is 1. The lowest BCUT2D eigenvalue weighted by molar-refractivity contribution is -0.0958. The Bertz CT molecular complexity index is 1860. The summed E-state index contributed by atoms with van der Waals surface area (Å²) in [6.07, 6.45) is -3.43. The summed E-state index contributed by atoms with van der Waals surface area (Å²) < 4.78 is 19.6. The van der Waals surface area contributed by atoms with E-state index in [1.165, 1.54) is 6.20 Å². The molecule has 5 aromatic rings. The number of benzene rings is 4. The number of aliphatic hydroxyl groups is 2. The number of ether oxygens (including phenoxy) is 3. The molecule has 0 spiro atoms. The molecule has 2 heterocycles. The van der Waals surface area contributed by atoms with Crippen molar-refractivity contribution in [3.8, 4) is 5.75 Å². The van der Waals surface area contributed by atoms with E-state index in [2.05, 4.69) is 16.9 Å². The molecule has 1 fully saturated rings. The molecule has 1 aromatic heterocycles. The normalized spacial score (nSPS) is 20.3. The van der Waals surface area contributed by atoms with Crippen molar-refractivity contribution in [3.63, 3.8) is 0 Å². The van der Waals surface area contributed by atoms with Gasteiger partial charge in [0, 0.05) is 11.9 Å². The summed E-state index contributed by atoms with van der Waals surface area (Å²) in [4.78, 5) is 17.2. The van der Waals surface area contributed by atoms with Crippen molar-refractivity contribution in [1.82, 2.24) is 9.55 Å². The second kappa shape index (κ2) is 13.7. The Hall–Kier alpha value is -5.06. The van der Waals surface area contributed by atoms with Gasteiger partial charge in [0.1, 0.15) is 35.5 Å². The summed E-state index contributed by atoms with van der Waals surface area (Å²) in [7, 11) is 1.61. The van der Waals surface area contributed by atoms with Crippen molar-refractivity contribution < 1.29 is 24.4 Å². The van der Waals surface area contributed by atoms with Crippen LogP contribution < -0.4 is 15.7 Å². The third kappa shape index (κ3) is 6.47. The van der Waals surface area contributed by atoms with Crippen LogP contribution in [0.1, 0.15) is 34.0 Å². The van der Waals surface area contributed by atoms with Crippen LogP contribution in [0.15, 0.2) is 133 Å². The molecule has 0 bridgehead atoms. The highest BCUT2D eigenvalue weighted by Crippen LogP contribution is 2.42. The summed E-state index contributed by atoms with van der Waals surface area (Å²) in [5.41, 5.74) is 3.31. The highest BCUT2D eigenvalue weighted by molar-refractivity contribution is 5.73. The molecule has 47 heavy (non-hydrogen) atoms. The van der Waals surface area contributed by atoms with Crippen molar-refractivity contribution in [3.05, 3.63) is 166 Å². The van der Waals surface area contributed by atoms with Crippen molar-refractivity contribution in [1.29, 1.82) is 0 Å². The zero-order valence-electron chi connectivity index (χ0n) is 26.2. The number of anilines is 1. The predicted octanol–water partition coefficient (Wildman–Crippen LogP) is 5.27. The zero-order valence-corrected chi connectivity index (χ0v) is 26.2. The maximum atomic E-state index is 13.1. The van der Waals surface area contributed by atoms with Crippen LogP contribution in [-0.4, -0.2) is 51.8 Å². The molecule has 1 saturated heterocycles. The first-order chi connectivity index (χ1) is 22.8. The molecular formula is C38H37N3O6. The summed E-state index contributed by atoms with van der Waals surface area (Å²) in [5.74, 6) is 0.989. The van der Waals surface area contributed by atoms with E-state index in [1.807, 2.05) is 116 Å². The van der Waals surface area contributed by atoms with Gasteiger partial charge in [-0.3, -0.25) is 4.57 Å². The maximum absolute atomic E-state index is 13.1. The van der Waals surface area contributed by atoms with Gasteiger partial charge in [0.2, 0.25) is 0 Å². The highest BCUT2D eigenvalue weighted by Gasteiger charge is 2.46. The Kier molecular flexibility index (Phi) is 9.33. The van der Waals surface area contributed by atoms with Gasteiger partial charge in [0.05, 0.1) is 13.7 Å². The second-order valence-electron chi connectivity index (χ2n) is 11.5. The third-order valence-corrected chi connectivity index (χ3v) is 8.44. The van der Waals surface area contributed by atoms with Crippen molar-refractivity contribution >= 4 is 11.5 Å². The minimum Gasteiger partial charge on any atom is -0.497 e. The van der Waals surface area contributed by atoms with Gasteiger partial charge >= 0.3 is 5.69 Å². The first-order valence-electron chi connectivity index (χ1n) is 15.3. The van der Waals surface area contributed by atoms with Crippen LogP contribution in [0.4, 0.5) is 5.82 Å². The van der Waals surface area contributed by atoms with E-state index >= 15 is 0 Å². The van der Waals surface area contributed by atoms with Crippen LogP contribution in [0.3, 0.4) is 0 Å². The number of hydrogen-bond donors (Lipinski definition) is 3. The summed E-state index contributed by atoms with van der Waals surface area (Å²) in [5, 5.41) is 25.3. The number of methoxy groups -OCH3 is 1. The molecule has 1 aliphatic rings. The quantitative estimate of drug-likeness (QED) is 0.169. The largest absolute Gasteiger partial charge is 0.497 e. The number of hydrogen-bond acceptors (Lipinski definition) is 8. The SMILES string of the molecule is C=C(Nc1ccn(C2OC(COC(c3ccccc3)(c3ccc(C)cc3)c3ccc(OC)cc3)C(O)C2O)c(=O)n1)c1ccccc1. The molecular weight excluding hydrogens is 594 g/mol. The average Bonchev–Trinajstić information content (AvgIpc) is 3.39. The average molecular weight is 632 g/mol. The fourth-order valence-corrected chi connectivity index (χ4v) is 5.88. The molecule has 3 N–H and O–H groups in total. The Balaban J connectivity index is 1.28. The number of rotatable bonds is 11. The van der Waals surface area contributed by atoms with E-state index in [0.717, 1.165) is 32.4 Å². The van der Waals surface area contributed by atoms with Gasteiger partial charge in [-0.15, -0.1) is 0 Å². The molecule has 0 radical (unpaired) electrons. The van der Waals surface area contributed by atoms with Crippen LogP contribution in [0.2, 0.25) is 0 Å². The minimum atomic E-state index is -1.41. The lowest BCUT2D eigenvalue weighted by Crippen LogP contribution is -2.39. The lowest BCUT2D eigenvalue weighted by Gasteiger charge is -2.37. The van der Waals surface area contributed by atoms with Crippen LogP contribution in [0.5, 0.6) is 5.75 Å². The summed E-state index contributed by atoms with van der Waals surface area (Å²) in [6.45, 7) is 5.93. The fraction of sp³-hybridized carbons (Fsp3) is 0.211. The van der Waals surface area contributed by atoms with Gasteiger partial charge in [0.25, 0.3) is 0 Å². The molecule has 9 heteroatoms. The van der Waals surface area contributed by atoms with Gasteiger partial charge in [-0.25, -0.2) is 4.79 Å². The predicted molar refractivity (Wildman–Crippen MR) is 180 cm³/mol. The van der Waals surface area contributed by atoms with E-state index < -0.39 is 35.8 Å².